The second kappa shape index (κ2) is 11.9. The van der Waals surface area contributed by atoms with Gasteiger partial charge in [0.2, 0.25) is 0 Å². The van der Waals surface area contributed by atoms with Crippen LogP contribution in [-0.4, -0.2) is 43.9 Å². The number of nitrogens with two attached hydrogens (primary N) is 1. The Hall–Kier alpha value is -2.48. The fourth-order valence-corrected chi connectivity index (χ4v) is 6.03. The molecule has 2 heterocycles. The summed E-state index contributed by atoms with van der Waals surface area (Å²) in [6, 6.07) is 13.2. The van der Waals surface area contributed by atoms with Gasteiger partial charge >= 0.3 is 0 Å². The van der Waals surface area contributed by atoms with Crippen molar-refractivity contribution in [2.45, 2.75) is 71.4 Å². The number of aryl methyl sites for hydroxylation is 2. The van der Waals surface area contributed by atoms with Gasteiger partial charge in [0.15, 0.2) is 0 Å². The minimum atomic E-state index is -1.10. The van der Waals surface area contributed by atoms with Crippen LogP contribution in [0.25, 0.3) is 11.1 Å². The Bertz CT molecular complexity index is 1190. The first kappa shape index (κ1) is 27.5. The number of aromatic nitrogens is 2. The maximum Gasteiger partial charge on any atom is 0.126 e. The van der Waals surface area contributed by atoms with Gasteiger partial charge < -0.3 is 19.9 Å². The van der Waals surface area contributed by atoms with Crippen LogP contribution in [0, 0.1) is 19.7 Å². The smallest absolute Gasteiger partial charge is 0.126 e. The number of rotatable bonds is 10. The number of anilines is 1. The lowest BCUT2D eigenvalue weighted by atomic mass is 9.90. The first-order valence-corrected chi connectivity index (χ1v) is 17.3. The van der Waals surface area contributed by atoms with Crippen molar-refractivity contribution in [2.75, 3.05) is 31.1 Å². The van der Waals surface area contributed by atoms with Crippen molar-refractivity contribution in [3.05, 3.63) is 71.1 Å². The molecular weight excluding hydrogens is 479 g/mol. The van der Waals surface area contributed by atoms with E-state index in [0.717, 1.165) is 55.8 Å². The molecule has 4 rings (SSSR count). The van der Waals surface area contributed by atoms with Crippen molar-refractivity contribution in [3.63, 3.8) is 0 Å². The van der Waals surface area contributed by atoms with Crippen molar-refractivity contribution in [2.24, 2.45) is 5.73 Å². The van der Waals surface area contributed by atoms with Gasteiger partial charge in [-0.3, -0.25) is 0 Å². The Kier molecular flexibility index (Phi) is 8.88. The predicted molar refractivity (Wildman–Crippen MR) is 155 cm³/mol. The molecule has 1 aliphatic heterocycles. The highest BCUT2D eigenvalue weighted by Crippen LogP contribution is 2.37. The van der Waals surface area contributed by atoms with Gasteiger partial charge in [-0.2, -0.15) is 0 Å². The highest BCUT2D eigenvalue weighted by molar-refractivity contribution is 6.76. The summed E-state index contributed by atoms with van der Waals surface area (Å²) in [4.78, 5) is 7.12. The normalized spacial score (nSPS) is 14.9. The summed E-state index contributed by atoms with van der Waals surface area (Å²) in [6.07, 6.45) is 4.91. The van der Waals surface area contributed by atoms with Crippen molar-refractivity contribution in [1.29, 1.82) is 0 Å². The minimum Gasteiger partial charge on any atom is -0.371 e. The van der Waals surface area contributed by atoms with Crippen LogP contribution in [0.4, 0.5) is 10.1 Å². The highest BCUT2D eigenvalue weighted by atomic mass is 28.3. The van der Waals surface area contributed by atoms with Crippen LogP contribution in [0.15, 0.2) is 42.7 Å². The maximum absolute atomic E-state index is 14.0. The minimum absolute atomic E-state index is 0.165. The molecule has 0 saturated carbocycles. The molecule has 5 nitrogen and oxygen atoms in total. The molecule has 3 aromatic rings. The van der Waals surface area contributed by atoms with Crippen LogP contribution >= 0.6 is 0 Å². The van der Waals surface area contributed by atoms with E-state index in [-0.39, 0.29) is 5.82 Å². The zero-order valence-electron chi connectivity index (χ0n) is 23.2. The van der Waals surface area contributed by atoms with E-state index in [0.29, 0.717) is 24.8 Å². The number of ether oxygens (including phenoxy) is 1. The number of hydrogen-bond acceptors (Lipinski definition) is 4. The van der Waals surface area contributed by atoms with E-state index < -0.39 is 8.07 Å². The van der Waals surface area contributed by atoms with E-state index in [4.69, 9.17) is 10.5 Å². The van der Waals surface area contributed by atoms with Crippen molar-refractivity contribution >= 4 is 13.8 Å². The van der Waals surface area contributed by atoms with Crippen molar-refractivity contribution in [3.8, 4) is 11.1 Å². The predicted octanol–water partition coefficient (Wildman–Crippen LogP) is 6.50. The number of halogens is 1. The van der Waals surface area contributed by atoms with Gasteiger partial charge in [-0.25, -0.2) is 9.37 Å². The largest absolute Gasteiger partial charge is 0.371 e. The zero-order chi connectivity index (χ0) is 26.6. The van der Waals surface area contributed by atoms with Gasteiger partial charge in [-0.1, -0.05) is 37.8 Å². The lowest BCUT2D eigenvalue weighted by molar-refractivity contribution is 0.0841. The molecule has 0 atom stereocenters. The van der Waals surface area contributed by atoms with E-state index in [1.807, 2.05) is 25.4 Å². The molecule has 1 aromatic heterocycles. The average Bonchev–Trinajstić information content (AvgIpc) is 3.23. The molecule has 37 heavy (non-hydrogen) atoms. The Morgan fingerprint density at radius 1 is 1.08 bits per heavy atom. The van der Waals surface area contributed by atoms with Crippen LogP contribution in [0.2, 0.25) is 25.7 Å². The molecular formula is C30H43FN4OSi. The molecule has 0 radical (unpaired) electrons. The number of nitrogens with zero attached hydrogens (tertiary/aromatic N) is 3. The van der Waals surface area contributed by atoms with Crippen molar-refractivity contribution < 1.29 is 9.13 Å². The van der Waals surface area contributed by atoms with Crippen LogP contribution in [0.3, 0.4) is 0 Å². The number of piperidine rings is 1. The van der Waals surface area contributed by atoms with Gasteiger partial charge in [0.05, 0.1) is 12.0 Å². The second-order valence-electron chi connectivity index (χ2n) is 11.6. The monoisotopic (exact) mass is 522 g/mol. The fraction of sp³-hybridized carbons (Fsp3) is 0.500. The molecule has 7 heteroatoms. The van der Waals surface area contributed by atoms with E-state index in [1.165, 1.54) is 23.0 Å². The second-order valence-corrected chi connectivity index (χ2v) is 17.3. The molecule has 200 valence electrons. The third-order valence-electron chi connectivity index (χ3n) is 7.48. The lowest BCUT2D eigenvalue weighted by Crippen LogP contribution is -2.34. The Morgan fingerprint density at radius 3 is 2.51 bits per heavy atom. The SMILES string of the molecule is Cc1cc(-c2ccc(CCN)cc2N2CCC(c3c(C)ncn3COCC[Si](C)(C)C)CC2)ccc1F. The summed E-state index contributed by atoms with van der Waals surface area (Å²) >= 11 is 0. The molecule has 0 unspecified atom stereocenters. The first-order valence-electron chi connectivity index (χ1n) is 13.6. The molecule has 2 N–H and O–H groups in total. The average molecular weight is 523 g/mol. The summed E-state index contributed by atoms with van der Waals surface area (Å²) in [7, 11) is -1.10. The molecule has 1 saturated heterocycles. The van der Waals surface area contributed by atoms with Gasteiger partial charge in [0.1, 0.15) is 12.5 Å². The van der Waals surface area contributed by atoms with Gasteiger partial charge in [-0.15, -0.1) is 0 Å². The molecule has 0 amide bonds. The fourth-order valence-electron chi connectivity index (χ4n) is 5.28. The van der Waals surface area contributed by atoms with E-state index in [1.54, 1.807) is 6.07 Å². The quantitative estimate of drug-likeness (QED) is 0.244. The van der Waals surface area contributed by atoms with Gasteiger partial charge in [0.25, 0.3) is 0 Å². The van der Waals surface area contributed by atoms with E-state index in [9.17, 15) is 4.39 Å². The summed E-state index contributed by atoms with van der Waals surface area (Å²) in [5, 5.41) is 0. The number of hydrogen-bond donors (Lipinski definition) is 1. The third-order valence-corrected chi connectivity index (χ3v) is 9.19. The summed E-state index contributed by atoms with van der Waals surface area (Å²) in [5.74, 6) is 0.297. The summed E-state index contributed by atoms with van der Waals surface area (Å²) in [5.41, 5.74) is 13.6. The molecule has 1 aliphatic rings. The standard InChI is InChI=1S/C30H43FN4OSi/c1-22-18-26(7-9-28(22)31)27-8-6-24(10-13-32)19-29(27)34-14-11-25(12-15-34)30-23(2)33-20-35(30)21-36-16-17-37(3,4)5/h6-9,18-20,25H,10-17,21,32H2,1-5H3. The van der Waals surface area contributed by atoms with Crippen LogP contribution in [0.5, 0.6) is 0 Å². The Labute approximate surface area is 222 Å². The lowest BCUT2D eigenvalue weighted by Gasteiger charge is -2.35. The van der Waals surface area contributed by atoms with Gasteiger partial charge in [-0.05, 0) is 80.6 Å². The number of benzene rings is 2. The molecule has 1 fully saturated rings. The first-order chi connectivity index (χ1) is 17.7. The topological polar surface area (TPSA) is 56.3 Å². The van der Waals surface area contributed by atoms with Crippen LogP contribution in [0.1, 0.15) is 41.3 Å². The third kappa shape index (κ3) is 6.89. The molecule has 0 aliphatic carbocycles. The molecule has 0 bridgehead atoms. The molecule has 2 aromatic carbocycles. The highest BCUT2D eigenvalue weighted by Gasteiger charge is 2.27. The van der Waals surface area contributed by atoms with Gasteiger partial charge in [0, 0.05) is 50.6 Å². The van der Waals surface area contributed by atoms with E-state index in [2.05, 4.69) is 59.2 Å². The van der Waals surface area contributed by atoms with Crippen molar-refractivity contribution in [1.82, 2.24) is 9.55 Å². The Balaban J connectivity index is 1.50. The van der Waals surface area contributed by atoms with Crippen LogP contribution < -0.4 is 10.6 Å². The zero-order valence-corrected chi connectivity index (χ0v) is 24.2. The number of imidazole rings is 1. The van der Waals surface area contributed by atoms with E-state index >= 15 is 0 Å². The van der Waals surface area contributed by atoms with Crippen LogP contribution in [-0.2, 0) is 17.9 Å². The Morgan fingerprint density at radius 2 is 1.84 bits per heavy atom. The summed E-state index contributed by atoms with van der Waals surface area (Å²) in [6.45, 7) is 15.0. The molecule has 0 spiro atoms. The summed E-state index contributed by atoms with van der Waals surface area (Å²) < 4.78 is 22.3. The maximum atomic E-state index is 14.0.